The number of furan rings is 1. The minimum atomic E-state index is -4.49. The van der Waals surface area contributed by atoms with Gasteiger partial charge >= 0.3 is 6.18 Å². The van der Waals surface area contributed by atoms with Gasteiger partial charge in [-0.15, -0.1) is 0 Å². The van der Waals surface area contributed by atoms with E-state index < -0.39 is 29.5 Å². The summed E-state index contributed by atoms with van der Waals surface area (Å²) >= 11 is 0. The maximum absolute atomic E-state index is 13.6. The highest BCUT2D eigenvalue weighted by Gasteiger charge is 2.47. The monoisotopic (exact) mass is 551 g/mol. The fourth-order valence-corrected chi connectivity index (χ4v) is 5.25. The van der Waals surface area contributed by atoms with Crippen LogP contribution in [0.3, 0.4) is 0 Å². The van der Waals surface area contributed by atoms with Gasteiger partial charge in [0.2, 0.25) is 0 Å². The van der Waals surface area contributed by atoms with Gasteiger partial charge in [-0.1, -0.05) is 32.1 Å². The van der Waals surface area contributed by atoms with Crippen molar-refractivity contribution in [1.29, 1.82) is 0 Å². The molecule has 5 rings (SSSR count). The number of hydrogen-bond donors (Lipinski definition) is 2. The molecule has 0 fully saturated rings. The van der Waals surface area contributed by atoms with Crippen LogP contribution in [0.25, 0.3) is 0 Å². The maximum Gasteiger partial charge on any atom is 0.416 e. The van der Waals surface area contributed by atoms with E-state index in [1.54, 1.807) is 43.5 Å². The molecule has 0 spiro atoms. The van der Waals surface area contributed by atoms with E-state index in [1.165, 1.54) is 12.1 Å². The van der Waals surface area contributed by atoms with Crippen LogP contribution in [0.1, 0.15) is 50.2 Å². The number of carbonyl (C=O) groups excluding carboxylic acids is 2. The van der Waals surface area contributed by atoms with Crippen molar-refractivity contribution in [3.63, 3.8) is 0 Å². The summed E-state index contributed by atoms with van der Waals surface area (Å²) in [6, 6.07) is 13.0. The molecule has 2 unspecified atom stereocenters. The number of Topliss-reactive ketones (excluding diaryl/α,β-unsaturated/α-hetero) is 1. The van der Waals surface area contributed by atoms with E-state index in [1.807, 2.05) is 19.9 Å². The van der Waals surface area contributed by atoms with Crippen molar-refractivity contribution >= 4 is 17.5 Å². The maximum atomic E-state index is 13.6. The molecule has 10 heteroatoms. The van der Waals surface area contributed by atoms with Gasteiger partial charge in [-0.05, 0) is 54.8 Å². The second kappa shape index (κ2) is 10.3. The summed E-state index contributed by atoms with van der Waals surface area (Å²) in [5.41, 5.74) is 0.435. The summed E-state index contributed by atoms with van der Waals surface area (Å²) in [4.78, 5) is 31.2. The highest BCUT2D eigenvalue weighted by molar-refractivity contribution is 6.06. The molecule has 2 N–H and O–H groups in total. The number of hydrogen-bond acceptors (Lipinski definition) is 6. The molecule has 1 aliphatic carbocycles. The number of amides is 1. The van der Waals surface area contributed by atoms with E-state index in [2.05, 4.69) is 15.6 Å². The lowest BCUT2D eigenvalue weighted by Crippen LogP contribution is -2.44. The number of allylic oxidation sites excluding steroid dienone is 3. The Balaban J connectivity index is 1.46. The number of nitrogens with one attached hydrogen (secondary N) is 2. The number of anilines is 1. The first-order chi connectivity index (χ1) is 18.9. The number of ketones is 1. The molecule has 2 atom stereocenters. The van der Waals surface area contributed by atoms with Crippen LogP contribution in [-0.2, 0) is 22.4 Å². The Hall–Kier alpha value is -4.34. The van der Waals surface area contributed by atoms with Crippen LogP contribution in [0, 0.1) is 11.3 Å². The smallest absolute Gasteiger partial charge is 0.416 e. The van der Waals surface area contributed by atoms with Crippen molar-refractivity contribution in [2.24, 2.45) is 11.3 Å². The third-order valence-corrected chi connectivity index (χ3v) is 6.92. The standard InChI is InChI=1S/C30H28F3N3O4/c1-17-25(28(38)36-24-9-4-5-12-34-24)27(26-21(35-17)14-29(2,3)15-22(26)37)23-11-10-20(40-23)16-39-19-8-6-7-18(13-19)30(31,32)33/h4-14,26-27,35H,15-16H2,1-3H3,(H,34,36,38). The lowest BCUT2D eigenvalue weighted by atomic mass is 9.67. The number of carbonyl (C=O) groups is 2. The SMILES string of the molecule is CC1=C(C(=O)Nc2ccccn2)C(c2ccc(COc3cccc(C(F)(F)F)c3)o2)C2C(=O)CC(C)(C)C=C2N1. The average Bonchev–Trinajstić information content (AvgIpc) is 3.35. The molecule has 0 saturated carbocycles. The van der Waals surface area contributed by atoms with E-state index in [4.69, 9.17) is 9.15 Å². The molecule has 0 radical (unpaired) electrons. The fourth-order valence-electron chi connectivity index (χ4n) is 5.25. The van der Waals surface area contributed by atoms with E-state index >= 15 is 0 Å². The van der Waals surface area contributed by atoms with Gasteiger partial charge in [-0.2, -0.15) is 13.2 Å². The Bertz CT molecular complexity index is 1510. The van der Waals surface area contributed by atoms with Crippen molar-refractivity contribution in [2.45, 2.75) is 45.9 Å². The Morgan fingerprint density at radius 1 is 1.15 bits per heavy atom. The van der Waals surface area contributed by atoms with Crippen LogP contribution in [0.2, 0.25) is 0 Å². The molecule has 40 heavy (non-hydrogen) atoms. The average molecular weight is 552 g/mol. The predicted octanol–water partition coefficient (Wildman–Crippen LogP) is 6.37. The van der Waals surface area contributed by atoms with Crippen LogP contribution in [-0.4, -0.2) is 16.7 Å². The molecular formula is C30H28F3N3O4. The zero-order valence-electron chi connectivity index (χ0n) is 22.1. The molecule has 0 bridgehead atoms. The molecule has 3 aromatic rings. The molecule has 7 nitrogen and oxygen atoms in total. The molecule has 1 aromatic carbocycles. The highest BCUT2D eigenvalue weighted by atomic mass is 19.4. The van der Waals surface area contributed by atoms with Gasteiger partial charge in [0.1, 0.15) is 35.5 Å². The summed E-state index contributed by atoms with van der Waals surface area (Å²) < 4.78 is 50.9. The lowest BCUT2D eigenvalue weighted by molar-refractivity contribution is -0.137. The van der Waals surface area contributed by atoms with E-state index in [-0.39, 0.29) is 23.6 Å². The summed E-state index contributed by atoms with van der Waals surface area (Å²) in [5.74, 6) is -0.765. The molecule has 2 aliphatic rings. The Labute approximate surface area is 229 Å². The van der Waals surface area contributed by atoms with Gasteiger partial charge in [0, 0.05) is 29.6 Å². The van der Waals surface area contributed by atoms with Crippen molar-refractivity contribution < 1.29 is 31.9 Å². The normalized spacial score (nSPS) is 20.4. The third kappa shape index (κ3) is 5.66. The molecule has 208 valence electrons. The van der Waals surface area contributed by atoms with Crippen LogP contribution >= 0.6 is 0 Å². The third-order valence-electron chi connectivity index (χ3n) is 6.92. The molecule has 1 amide bonds. The number of aromatic nitrogens is 1. The van der Waals surface area contributed by atoms with Gasteiger partial charge in [0.15, 0.2) is 0 Å². The Morgan fingerprint density at radius 3 is 2.67 bits per heavy atom. The zero-order chi connectivity index (χ0) is 28.7. The number of benzene rings is 1. The number of pyridine rings is 1. The number of ether oxygens (including phenoxy) is 1. The number of rotatable bonds is 6. The second-order valence-corrected chi connectivity index (χ2v) is 10.6. The minimum absolute atomic E-state index is 0.0335. The Kier molecular flexibility index (Phi) is 7.03. The second-order valence-electron chi connectivity index (χ2n) is 10.6. The highest BCUT2D eigenvalue weighted by Crippen LogP contribution is 2.47. The Morgan fingerprint density at radius 2 is 1.95 bits per heavy atom. The number of nitrogens with zero attached hydrogens (tertiary/aromatic N) is 1. The minimum Gasteiger partial charge on any atom is -0.486 e. The summed E-state index contributed by atoms with van der Waals surface area (Å²) in [6.07, 6.45) is -0.622. The van der Waals surface area contributed by atoms with Crippen LogP contribution in [0.5, 0.6) is 5.75 Å². The summed E-state index contributed by atoms with van der Waals surface area (Å²) in [5, 5.41) is 6.07. The number of fused-ring (bicyclic) bond motifs is 1. The van der Waals surface area contributed by atoms with Gasteiger partial charge in [0.25, 0.3) is 5.91 Å². The van der Waals surface area contributed by atoms with E-state index in [0.29, 0.717) is 40.7 Å². The summed E-state index contributed by atoms with van der Waals surface area (Å²) in [6.45, 7) is 5.58. The quantitative estimate of drug-likeness (QED) is 0.370. The van der Waals surface area contributed by atoms with Gasteiger partial charge in [-0.3, -0.25) is 9.59 Å². The predicted molar refractivity (Wildman–Crippen MR) is 141 cm³/mol. The number of halogens is 3. The lowest BCUT2D eigenvalue weighted by Gasteiger charge is -2.40. The summed E-state index contributed by atoms with van der Waals surface area (Å²) in [7, 11) is 0. The first kappa shape index (κ1) is 27.2. The van der Waals surface area contributed by atoms with Gasteiger partial charge in [0.05, 0.1) is 17.4 Å². The van der Waals surface area contributed by atoms with E-state index in [0.717, 1.165) is 12.1 Å². The van der Waals surface area contributed by atoms with E-state index in [9.17, 15) is 22.8 Å². The van der Waals surface area contributed by atoms with Crippen molar-refractivity contribution in [3.8, 4) is 5.75 Å². The first-order valence-electron chi connectivity index (χ1n) is 12.8. The van der Waals surface area contributed by atoms with Gasteiger partial charge in [-0.25, -0.2) is 4.98 Å². The number of alkyl halides is 3. The zero-order valence-corrected chi connectivity index (χ0v) is 22.1. The largest absolute Gasteiger partial charge is 0.486 e. The molecule has 1 aliphatic heterocycles. The first-order valence-corrected chi connectivity index (χ1v) is 12.8. The van der Waals surface area contributed by atoms with Crippen molar-refractivity contribution in [1.82, 2.24) is 10.3 Å². The van der Waals surface area contributed by atoms with Gasteiger partial charge < -0.3 is 19.8 Å². The fraction of sp³-hybridized carbons (Fsp3) is 0.300. The van der Waals surface area contributed by atoms with Crippen molar-refractivity contribution in [2.75, 3.05) is 5.32 Å². The van der Waals surface area contributed by atoms with Crippen LogP contribution in [0.4, 0.5) is 19.0 Å². The molecule has 3 heterocycles. The topological polar surface area (TPSA) is 93.5 Å². The van der Waals surface area contributed by atoms with Crippen LogP contribution < -0.4 is 15.4 Å². The molecule has 0 saturated heterocycles. The van der Waals surface area contributed by atoms with Crippen LogP contribution in [0.15, 0.2) is 88.3 Å². The molecular weight excluding hydrogens is 523 g/mol. The molecule has 2 aromatic heterocycles. The van der Waals surface area contributed by atoms with Crippen molar-refractivity contribution in [3.05, 3.63) is 101 Å².